The molecule has 22 heavy (non-hydrogen) atoms. The lowest BCUT2D eigenvalue weighted by Gasteiger charge is -2.11. The molecule has 0 unspecified atom stereocenters. The van der Waals surface area contributed by atoms with Gasteiger partial charge in [-0.3, -0.25) is 10.1 Å². The molecule has 5 nitrogen and oxygen atoms in total. The summed E-state index contributed by atoms with van der Waals surface area (Å²) >= 11 is 7.66. The maximum atomic E-state index is 12.4. The van der Waals surface area contributed by atoms with E-state index in [0.29, 0.717) is 27.2 Å². The first-order chi connectivity index (χ1) is 10.6. The molecule has 0 spiro atoms. The third-order valence-electron chi connectivity index (χ3n) is 3.51. The number of nitrogens with zero attached hydrogens (tertiary/aromatic N) is 1. The lowest BCUT2D eigenvalue weighted by Crippen LogP contribution is -2.12. The van der Waals surface area contributed by atoms with Crippen LogP contribution in [0.15, 0.2) is 12.1 Å². The third-order valence-corrected chi connectivity index (χ3v) is 4.87. The number of aryl methyl sites for hydroxylation is 2. The van der Waals surface area contributed by atoms with Gasteiger partial charge in [0.1, 0.15) is 0 Å². The molecule has 1 N–H and O–H groups in total. The van der Waals surface area contributed by atoms with Crippen molar-refractivity contribution in [1.82, 2.24) is 4.98 Å². The number of ether oxygens (including phenoxy) is 2. The number of fused-ring (bicyclic) bond motifs is 1. The molecule has 0 saturated heterocycles. The van der Waals surface area contributed by atoms with E-state index in [2.05, 4.69) is 10.3 Å². The molecule has 7 heteroatoms. The van der Waals surface area contributed by atoms with E-state index in [1.54, 1.807) is 12.1 Å². The molecular weight excluding hydrogens is 324 g/mol. The van der Waals surface area contributed by atoms with Gasteiger partial charge in [0.25, 0.3) is 5.91 Å². The number of methoxy groups -OCH3 is 2. The summed E-state index contributed by atoms with van der Waals surface area (Å²) in [4.78, 5) is 18.1. The van der Waals surface area contributed by atoms with Gasteiger partial charge in [-0.2, -0.15) is 0 Å². The van der Waals surface area contributed by atoms with Crippen molar-refractivity contribution in [3.8, 4) is 11.5 Å². The summed E-state index contributed by atoms with van der Waals surface area (Å²) in [5.74, 6) is 0.561. The van der Waals surface area contributed by atoms with Crippen molar-refractivity contribution >= 4 is 34.0 Å². The molecule has 1 amide bonds. The van der Waals surface area contributed by atoms with Gasteiger partial charge in [0.2, 0.25) is 0 Å². The van der Waals surface area contributed by atoms with E-state index in [4.69, 9.17) is 21.1 Å². The minimum Gasteiger partial charge on any atom is -0.493 e. The van der Waals surface area contributed by atoms with Gasteiger partial charge < -0.3 is 9.47 Å². The van der Waals surface area contributed by atoms with E-state index in [1.807, 2.05) is 0 Å². The van der Waals surface area contributed by atoms with Crippen LogP contribution in [0.25, 0.3) is 0 Å². The molecule has 3 rings (SSSR count). The van der Waals surface area contributed by atoms with E-state index in [9.17, 15) is 4.79 Å². The van der Waals surface area contributed by atoms with Gasteiger partial charge in [0.05, 0.1) is 24.9 Å². The van der Waals surface area contributed by atoms with Crippen molar-refractivity contribution in [1.29, 1.82) is 0 Å². The summed E-state index contributed by atoms with van der Waals surface area (Å²) in [6.07, 6.45) is 3.18. The molecular formula is C15H15ClN2O3S. The van der Waals surface area contributed by atoms with Crippen LogP contribution < -0.4 is 14.8 Å². The summed E-state index contributed by atoms with van der Waals surface area (Å²) in [7, 11) is 3.00. The molecule has 0 bridgehead atoms. The van der Waals surface area contributed by atoms with E-state index in [0.717, 1.165) is 25.0 Å². The van der Waals surface area contributed by atoms with Gasteiger partial charge >= 0.3 is 0 Å². The van der Waals surface area contributed by atoms with Gasteiger partial charge in [0.15, 0.2) is 16.6 Å². The molecule has 1 aliphatic carbocycles. The minimum absolute atomic E-state index is 0.268. The first-order valence-electron chi connectivity index (χ1n) is 6.84. The van der Waals surface area contributed by atoms with Crippen LogP contribution in [0.4, 0.5) is 5.13 Å². The summed E-state index contributed by atoms with van der Waals surface area (Å²) in [5, 5.41) is 3.77. The van der Waals surface area contributed by atoms with Crippen molar-refractivity contribution in [2.45, 2.75) is 19.3 Å². The highest BCUT2D eigenvalue weighted by Crippen LogP contribution is 2.36. The Morgan fingerprint density at radius 2 is 2.14 bits per heavy atom. The Morgan fingerprint density at radius 1 is 1.32 bits per heavy atom. The molecule has 1 aliphatic rings. The summed E-state index contributed by atoms with van der Waals surface area (Å²) in [6.45, 7) is 0. The quantitative estimate of drug-likeness (QED) is 0.926. The van der Waals surface area contributed by atoms with Crippen molar-refractivity contribution in [2.75, 3.05) is 19.5 Å². The number of aromatic nitrogens is 1. The Kier molecular flexibility index (Phi) is 4.22. The minimum atomic E-state index is -0.268. The van der Waals surface area contributed by atoms with E-state index in [-0.39, 0.29) is 5.91 Å². The maximum absolute atomic E-state index is 12.4. The normalized spacial score (nSPS) is 12.9. The topological polar surface area (TPSA) is 60.5 Å². The standard InChI is InChI=1S/C15H15ClN2O3S/c1-20-11-7-8(6-9(16)13(11)21-2)14(19)18-15-17-10-4-3-5-12(10)22-15/h6-7H,3-5H2,1-2H3,(H,17,18,19). The Bertz CT molecular complexity index is 708. The van der Waals surface area contributed by atoms with E-state index >= 15 is 0 Å². The molecule has 2 aromatic rings. The SMILES string of the molecule is COc1cc(C(=O)Nc2nc3c(s2)CCC3)cc(Cl)c1OC. The van der Waals surface area contributed by atoms with Crippen LogP contribution >= 0.6 is 22.9 Å². The average molecular weight is 339 g/mol. The number of hydrogen-bond donors (Lipinski definition) is 1. The van der Waals surface area contributed by atoms with Crippen LogP contribution in [0.2, 0.25) is 5.02 Å². The highest BCUT2D eigenvalue weighted by molar-refractivity contribution is 7.16. The number of nitrogens with one attached hydrogen (secondary N) is 1. The fourth-order valence-electron chi connectivity index (χ4n) is 2.46. The Morgan fingerprint density at radius 3 is 2.82 bits per heavy atom. The number of benzene rings is 1. The Balaban J connectivity index is 1.83. The molecule has 1 aromatic carbocycles. The lowest BCUT2D eigenvalue weighted by molar-refractivity contribution is 0.102. The molecule has 0 atom stereocenters. The number of thiazole rings is 1. The summed E-state index contributed by atoms with van der Waals surface area (Å²) < 4.78 is 10.4. The van der Waals surface area contributed by atoms with Crippen LogP contribution in [0.5, 0.6) is 11.5 Å². The fourth-order valence-corrected chi connectivity index (χ4v) is 3.79. The Labute approximate surface area is 137 Å². The number of halogens is 1. The van der Waals surface area contributed by atoms with Crippen molar-refractivity contribution in [3.63, 3.8) is 0 Å². The van der Waals surface area contributed by atoms with Crippen molar-refractivity contribution in [2.24, 2.45) is 0 Å². The highest BCUT2D eigenvalue weighted by atomic mass is 35.5. The number of amides is 1. The predicted molar refractivity (Wildman–Crippen MR) is 86.6 cm³/mol. The maximum Gasteiger partial charge on any atom is 0.257 e. The van der Waals surface area contributed by atoms with Gasteiger partial charge in [0, 0.05) is 10.4 Å². The molecule has 1 aromatic heterocycles. The number of rotatable bonds is 4. The number of carbonyl (C=O) groups is 1. The molecule has 0 aliphatic heterocycles. The smallest absolute Gasteiger partial charge is 0.257 e. The van der Waals surface area contributed by atoms with Crippen LogP contribution in [-0.2, 0) is 12.8 Å². The molecule has 0 radical (unpaired) electrons. The van der Waals surface area contributed by atoms with Gasteiger partial charge in [-0.05, 0) is 31.4 Å². The third kappa shape index (κ3) is 2.76. The Hall–Kier alpha value is -1.79. The van der Waals surface area contributed by atoms with Crippen LogP contribution in [0.1, 0.15) is 27.3 Å². The van der Waals surface area contributed by atoms with Gasteiger partial charge in [-0.15, -0.1) is 11.3 Å². The second-order valence-corrected chi connectivity index (χ2v) is 6.38. The van der Waals surface area contributed by atoms with Crippen molar-refractivity contribution in [3.05, 3.63) is 33.3 Å². The second kappa shape index (κ2) is 6.14. The molecule has 0 fully saturated rings. The highest BCUT2D eigenvalue weighted by Gasteiger charge is 2.19. The van der Waals surface area contributed by atoms with Crippen LogP contribution in [-0.4, -0.2) is 25.1 Å². The summed E-state index contributed by atoms with van der Waals surface area (Å²) in [5.41, 5.74) is 1.50. The van der Waals surface area contributed by atoms with Gasteiger partial charge in [-0.25, -0.2) is 4.98 Å². The summed E-state index contributed by atoms with van der Waals surface area (Å²) in [6, 6.07) is 3.15. The average Bonchev–Trinajstić information content (AvgIpc) is 3.07. The molecule has 1 heterocycles. The zero-order valence-corrected chi connectivity index (χ0v) is 13.8. The lowest BCUT2D eigenvalue weighted by atomic mass is 10.2. The first-order valence-corrected chi connectivity index (χ1v) is 8.03. The molecule has 0 saturated carbocycles. The number of carbonyl (C=O) groups excluding carboxylic acids is 1. The fraction of sp³-hybridized carbons (Fsp3) is 0.333. The second-order valence-electron chi connectivity index (χ2n) is 4.89. The van der Waals surface area contributed by atoms with Crippen LogP contribution in [0, 0.1) is 0 Å². The predicted octanol–water partition coefficient (Wildman–Crippen LogP) is 3.55. The van der Waals surface area contributed by atoms with Gasteiger partial charge in [-0.1, -0.05) is 11.6 Å². The number of hydrogen-bond acceptors (Lipinski definition) is 5. The van der Waals surface area contributed by atoms with Crippen molar-refractivity contribution < 1.29 is 14.3 Å². The largest absolute Gasteiger partial charge is 0.493 e. The van der Waals surface area contributed by atoms with Crippen LogP contribution in [0.3, 0.4) is 0 Å². The molecule has 116 valence electrons. The first kappa shape index (κ1) is 15.1. The zero-order chi connectivity index (χ0) is 15.7. The van der Waals surface area contributed by atoms with E-state index in [1.165, 1.54) is 30.4 Å². The number of anilines is 1. The zero-order valence-electron chi connectivity index (χ0n) is 12.2. The monoisotopic (exact) mass is 338 g/mol. The van der Waals surface area contributed by atoms with E-state index < -0.39 is 0 Å².